The van der Waals surface area contributed by atoms with Crippen LogP contribution in [-0.4, -0.2) is 40.6 Å². The second-order valence-corrected chi connectivity index (χ2v) is 3.49. The molecule has 0 aliphatic carbocycles. The highest BCUT2D eigenvalue weighted by molar-refractivity contribution is 6.50. The van der Waals surface area contributed by atoms with Crippen molar-refractivity contribution in [2.75, 3.05) is 33.4 Å². The summed E-state index contributed by atoms with van der Waals surface area (Å²) in [5.41, 5.74) is 0. The third-order valence-electron chi connectivity index (χ3n) is 1.87. The van der Waals surface area contributed by atoms with Gasteiger partial charge in [0.25, 0.3) is 0 Å². The van der Waals surface area contributed by atoms with Crippen LogP contribution in [0, 0.1) is 0 Å². The molecule has 0 aromatic heterocycles. The van der Waals surface area contributed by atoms with Crippen LogP contribution in [0.4, 0.5) is 17.3 Å². The quantitative estimate of drug-likeness (QED) is 0.533. The maximum atomic E-state index is 9.75. The van der Waals surface area contributed by atoms with E-state index in [2.05, 4.69) is 13.8 Å². The number of quaternary nitrogens is 1. The van der Waals surface area contributed by atoms with Crippen LogP contribution in [-0.2, 0) is 4.74 Å². The predicted octanol–water partition coefficient (Wildman–Crippen LogP) is 1.64. The number of nitrogens with one attached hydrogen (secondary N) is 1. The van der Waals surface area contributed by atoms with Crippen LogP contribution >= 0.6 is 0 Å². The Hall–Kier alpha value is -0.295. The van der Waals surface area contributed by atoms with E-state index in [0.717, 1.165) is 13.2 Å². The Balaban J connectivity index is 0. The van der Waals surface area contributed by atoms with E-state index in [-0.39, 0.29) is 0 Å². The fraction of sp³-hybridized carbons (Fsp3) is 1.00. The van der Waals surface area contributed by atoms with Gasteiger partial charge in [0.05, 0.1) is 19.7 Å². The highest BCUT2D eigenvalue weighted by Crippen LogP contribution is 2.06. The fourth-order valence-electron chi connectivity index (χ4n) is 1.33. The van der Waals surface area contributed by atoms with E-state index in [4.69, 9.17) is 4.74 Å². The molecule has 0 fully saturated rings. The number of hydrogen-bond acceptors (Lipinski definition) is 1. The van der Waals surface area contributed by atoms with Gasteiger partial charge in [-0.25, -0.2) is 0 Å². The Morgan fingerprint density at radius 1 is 0.938 bits per heavy atom. The maximum Gasteiger partial charge on any atom is 0.673 e. The van der Waals surface area contributed by atoms with Crippen molar-refractivity contribution in [3.05, 3.63) is 0 Å². The van der Waals surface area contributed by atoms with E-state index >= 15 is 0 Å². The molecule has 0 bridgehead atoms. The lowest BCUT2D eigenvalue weighted by Crippen LogP contribution is -3.12. The molecule has 0 saturated carbocycles. The normalized spacial score (nSPS) is 11.2. The largest absolute Gasteiger partial charge is 0.673 e. The third-order valence-corrected chi connectivity index (χ3v) is 1.87. The van der Waals surface area contributed by atoms with Crippen molar-refractivity contribution in [2.45, 2.75) is 26.7 Å². The minimum absolute atomic E-state index is 0.898. The van der Waals surface area contributed by atoms with E-state index in [1.165, 1.54) is 25.9 Å². The number of halogens is 4. The van der Waals surface area contributed by atoms with E-state index < -0.39 is 7.25 Å². The molecule has 0 rings (SSSR count). The van der Waals surface area contributed by atoms with Crippen molar-refractivity contribution < 1.29 is 26.9 Å². The molecule has 1 N–H and O–H groups in total. The first-order chi connectivity index (χ1) is 7.35. The summed E-state index contributed by atoms with van der Waals surface area (Å²) in [6.07, 6.45) is 2.55. The van der Waals surface area contributed by atoms with E-state index in [0.29, 0.717) is 0 Å². The topological polar surface area (TPSA) is 13.7 Å². The van der Waals surface area contributed by atoms with Gasteiger partial charge in [0.2, 0.25) is 0 Å². The molecular weight excluding hydrogens is 225 g/mol. The van der Waals surface area contributed by atoms with E-state index in [1.807, 2.05) is 0 Å². The molecule has 0 aromatic rings. The van der Waals surface area contributed by atoms with Gasteiger partial charge < -0.3 is 26.9 Å². The average Bonchev–Trinajstić information content (AvgIpc) is 2.12. The van der Waals surface area contributed by atoms with Gasteiger partial charge in [-0.1, -0.05) is 13.8 Å². The number of ether oxygens (including phenoxy) is 1. The van der Waals surface area contributed by atoms with Gasteiger partial charge in [0.1, 0.15) is 6.54 Å². The zero-order valence-electron chi connectivity index (χ0n) is 10.2. The average molecular weight is 247 g/mol. The molecule has 0 radical (unpaired) electrons. The van der Waals surface area contributed by atoms with Crippen molar-refractivity contribution in [2.24, 2.45) is 0 Å². The monoisotopic (exact) mass is 247 g/mol. The molecule has 0 aliphatic heterocycles. The molecule has 16 heavy (non-hydrogen) atoms. The summed E-state index contributed by atoms with van der Waals surface area (Å²) in [4.78, 5) is 1.68. The fourth-order valence-corrected chi connectivity index (χ4v) is 1.33. The molecule has 0 spiro atoms. The summed E-state index contributed by atoms with van der Waals surface area (Å²) in [7, 11) is -4.23. The maximum absolute atomic E-state index is 9.75. The van der Waals surface area contributed by atoms with Crippen molar-refractivity contribution in [1.29, 1.82) is 0 Å². The summed E-state index contributed by atoms with van der Waals surface area (Å²) in [5.74, 6) is 0. The lowest BCUT2D eigenvalue weighted by molar-refractivity contribution is -0.900. The summed E-state index contributed by atoms with van der Waals surface area (Å²) in [6, 6.07) is 0. The molecule has 0 unspecified atom stereocenters. The zero-order chi connectivity index (χ0) is 13.0. The lowest BCUT2D eigenvalue weighted by atomic mass is 10.3. The van der Waals surface area contributed by atoms with Crippen molar-refractivity contribution in [3.63, 3.8) is 0 Å². The second-order valence-electron chi connectivity index (χ2n) is 3.49. The Morgan fingerprint density at radius 2 is 1.31 bits per heavy atom. The Kier molecular flexibility index (Phi) is 12.7. The van der Waals surface area contributed by atoms with Crippen LogP contribution in [0.1, 0.15) is 26.7 Å². The number of rotatable bonds is 7. The summed E-state index contributed by atoms with van der Waals surface area (Å²) >= 11 is 0. The van der Waals surface area contributed by atoms with Gasteiger partial charge in [0, 0.05) is 7.11 Å². The number of hydrogen-bond donors (Lipinski definition) is 1. The van der Waals surface area contributed by atoms with Gasteiger partial charge in [0.15, 0.2) is 0 Å². The van der Waals surface area contributed by atoms with Gasteiger partial charge in [-0.05, 0) is 12.8 Å². The Morgan fingerprint density at radius 3 is 1.56 bits per heavy atom. The summed E-state index contributed by atoms with van der Waals surface area (Å²) in [6.45, 7) is 9.12. The second kappa shape index (κ2) is 11.2. The first-order valence-corrected chi connectivity index (χ1v) is 5.54. The minimum atomic E-state index is -6.00. The van der Waals surface area contributed by atoms with Crippen molar-refractivity contribution in [3.8, 4) is 0 Å². The van der Waals surface area contributed by atoms with Crippen molar-refractivity contribution in [1.82, 2.24) is 0 Å². The van der Waals surface area contributed by atoms with Crippen LogP contribution in [0.15, 0.2) is 0 Å². The lowest BCUT2D eigenvalue weighted by Gasteiger charge is -2.17. The van der Waals surface area contributed by atoms with Crippen LogP contribution in [0.25, 0.3) is 0 Å². The van der Waals surface area contributed by atoms with Crippen molar-refractivity contribution >= 4 is 7.25 Å². The SMILES string of the molecule is CCC[NH+](CCC)CCOC.F[B-](F)(F)F. The summed E-state index contributed by atoms with van der Waals surface area (Å²) in [5, 5.41) is 0. The van der Waals surface area contributed by atoms with Gasteiger partial charge in [-0.2, -0.15) is 0 Å². The van der Waals surface area contributed by atoms with E-state index in [1.54, 1.807) is 12.0 Å². The molecule has 0 saturated heterocycles. The first-order valence-electron chi connectivity index (χ1n) is 5.54. The minimum Gasteiger partial charge on any atom is -0.418 e. The first kappa shape index (κ1) is 18.1. The molecule has 0 amide bonds. The van der Waals surface area contributed by atoms with E-state index in [9.17, 15) is 17.3 Å². The molecule has 2 nitrogen and oxygen atoms in total. The summed E-state index contributed by atoms with van der Waals surface area (Å²) < 4.78 is 44.0. The highest BCUT2D eigenvalue weighted by Gasteiger charge is 2.20. The Labute approximate surface area is 95.1 Å². The zero-order valence-corrected chi connectivity index (χ0v) is 10.2. The van der Waals surface area contributed by atoms with Crippen LogP contribution in [0.2, 0.25) is 0 Å². The van der Waals surface area contributed by atoms with Gasteiger partial charge in [-0.3, -0.25) is 0 Å². The molecule has 100 valence electrons. The molecule has 0 aliphatic rings. The molecule has 0 atom stereocenters. The predicted molar refractivity (Wildman–Crippen MR) is 58.2 cm³/mol. The standard InChI is InChI=1S/C9H21NO.BF4/c1-4-6-10(7-5-2)8-9-11-3;2-1(3,4)5/h4-9H2,1-3H3;/q;-1/p+1. The number of methoxy groups -OCH3 is 1. The molecule has 0 aromatic carbocycles. The third kappa shape index (κ3) is 23.5. The molecular formula is C9H22BF4NO. The van der Waals surface area contributed by atoms with Crippen LogP contribution in [0.3, 0.4) is 0 Å². The molecule has 0 heterocycles. The smallest absolute Gasteiger partial charge is 0.418 e. The van der Waals surface area contributed by atoms with Gasteiger partial charge >= 0.3 is 7.25 Å². The van der Waals surface area contributed by atoms with Crippen LogP contribution < -0.4 is 4.90 Å². The highest BCUT2D eigenvalue weighted by atomic mass is 19.5. The Bertz CT molecular complexity index is 134. The molecule has 7 heteroatoms. The van der Waals surface area contributed by atoms with Crippen LogP contribution in [0.5, 0.6) is 0 Å². The van der Waals surface area contributed by atoms with Gasteiger partial charge in [-0.15, -0.1) is 0 Å².